The number of rotatable bonds is 4. The van der Waals surface area contributed by atoms with Crippen LogP contribution < -0.4 is 0 Å². The molecule has 2 aromatic rings. The van der Waals surface area contributed by atoms with Crippen molar-refractivity contribution >= 4 is 11.8 Å². The number of fused-ring (bicyclic) bond motifs is 4. The van der Waals surface area contributed by atoms with E-state index < -0.39 is 0 Å². The van der Waals surface area contributed by atoms with E-state index in [4.69, 9.17) is 0 Å². The minimum absolute atomic E-state index is 0.0416. The Balaban J connectivity index is 1.56. The summed E-state index contributed by atoms with van der Waals surface area (Å²) in [5.74, 6) is 0.156. The predicted octanol–water partition coefficient (Wildman–Crippen LogP) is 3.33. The minimum atomic E-state index is -0.0844. The average Bonchev–Trinajstić information content (AvgIpc) is 3.01. The molecule has 3 saturated heterocycles. The lowest BCUT2D eigenvalue weighted by Gasteiger charge is -2.36. The van der Waals surface area contributed by atoms with E-state index in [-0.39, 0.29) is 29.8 Å². The maximum Gasteiger partial charge on any atom is 0.270 e. The van der Waals surface area contributed by atoms with Crippen LogP contribution in [0.25, 0.3) is 0 Å². The van der Waals surface area contributed by atoms with Crippen molar-refractivity contribution < 1.29 is 9.59 Å². The van der Waals surface area contributed by atoms with Gasteiger partial charge in [0.1, 0.15) is 5.69 Å². The van der Waals surface area contributed by atoms with Crippen molar-refractivity contribution in [3.63, 3.8) is 0 Å². The second-order valence-corrected chi connectivity index (χ2v) is 7.98. The molecule has 5 rings (SSSR count). The van der Waals surface area contributed by atoms with Crippen LogP contribution in [0.15, 0.2) is 48.7 Å². The molecular formula is C22H27N3O2. The number of hydrogen-bond donors (Lipinski definition) is 0. The summed E-state index contributed by atoms with van der Waals surface area (Å²) in [4.78, 5) is 30.1. The molecule has 3 aliphatic heterocycles. The molecule has 3 aliphatic rings. The first kappa shape index (κ1) is 17.8. The van der Waals surface area contributed by atoms with E-state index in [2.05, 4.69) is 26.0 Å². The van der Waals surface area contributed by atoms with Crippen molar-refractivity contribution in [3.8, 4) is 0 Å². The molecule has 0 radical (unpaired) electrons. The first-order valence-corrected chi connectivity index (χ1v) is 9.85. The molecule has 27 heavy (non-hydrogen) atoms. The van der Waals surface area contributed by atoms with Gasteiger partial charge in [0.2, 0.25) is 5.91 Å². The highest BCUT2D eigenvalue weighted by atomic mass is 16.2. The smallest absolute Gasteiger partial charge is 0.270 e. The second-order valence-electron chi connectivity index (χ2n) is 7.98. The SMILES string of the molecule is CC(C)n1cccc1C(=O)N1C[C@@H]2CC[C@H](C1)N(Cc1ccccc1)C2=O. The first-order chi connectivity index (χ1) is 13.0. The number of amides is 2. The predicted molar refractivity (Wildman–Crippen MR) is 104 cm³/mol. The van der Waals surface area contributed by atoms with Gasteiger partial charge in [0, 0.05) is 37.9 Å². The van der Waals surface area contributed by atoms with Gasteiger partial charge in [-0.25, -0.2) is 0 Å². The molecule has 0 spiro atoms. The molecule has 2 bridgehead atoms. The van der Waals surface area contributed by atoms with Crippen molar-refractivity contribution in [2.45, 2.75) is 45.3 Å². The number of carbonyl (C=O) groups is 2. The third-order valence-electron chi connectivity index (χ3n) is 5.83. The van der Waals surface area contributed by atoms with Gasteiger partial charge in [-0.3, -0.25) is 9.59 Å². The van der Waals surface area contributed by atoms with Gasteiger partial charge >= 0.3 is 0 Å². The van der Waals surface area contributed by atoms with E-state index in [1.807, 2.05) is 50.9 Å². The van der Waals surface area contributed by atoms with Crippen LogP contribution in [0.5, 0.6) is 0 Å². The summed E-state index contributed by atoms with van der Waals surface area (Å²) >= 11 is 0. The van der Waals surface area contributed by atoms with Gasteiger partial charge in [0.05, 0.1) is 5.92 Å². The standard InChI is InChI=1S/C22H27N3O2/c1-16(2)24-12-6-9-20(24)22(27)23-14-18-10-11-19(15-23)25(21(18)26)13-17-7-4-3-5-8-17/h3-9,12,16,18-19H,10-11,13-15H2,1-2H3/t18-,19+/m0/s1. The van der Waals surface area contributed by atoms with Gasteiger partial charge in [0.25, 0.3) is 5.91 Å². The topological polar surface area (TPSA) is 45.6 Å². The number of nitrogens with zero attached hydrogens (tertiary/aromatic N) is 3. The summed E-state index contributed by atoms with van der Waals surface area (Å²) in [7, 11) is 0. The van der Waals surface area contributed by atoms with E-state index >= 15 is 0 Å². The number of aromatic nitrogens is 1. The molecule has 0 aliphatic carbocycles. The lowest BCUT2D eigenvalue weighted by molar-refractivity contribution is -0.140. The van der Waals surface area contributed by atoms with E-state index in [9.17, 15) is 9.59 Å². The fraction of sp³-hybridized carbons (Fsp3) is 0.455. The fourth-order valence-corrected chi connectivity index (χ4v) is 4.38. The number of benzene rings is 1. The van der Waals surface area contributed by atoms with Crippen molar-refractivity contribution in [2.24, 2.45) is 5.92 Å². The van der Waals surface area contributed by atoms with Gasteiger partial charge < -0.3 is 14.4 Å². The maximum atomic E-state index is 13.2. The summed E-state index contributed by atoms with van der Waals surface area (Å²) < 4.78 is 2.01. The molecule has 0 N–H and O–H groups in total. The summed E-state index contributed by atoms with van der Waals surface area (Å²) in [6.45, 7) is 5.94. The van der Waals surface area contributed by atoms with Crippen molar-refractivity contribution in [1.82, 2.24) is 14.4 Å². The molecule has 5 heteroatoms. The number of piperidine rings is 1. The van der Waals surface area contributed by atoms with Gasteiger partial charge in [-0.15, -0.1) is 0 Å². The molecule has 142 valence electrons. The molecule has 5 nitrogen and oxygen atoms in total. The van der Waals surface area contributed by atoms with E-state index in [1.54, 1.807) is 0 Å². The normalized spacial score (nSPS) is 22.4. The minimum Gasteiger partial charge on any atom is -0.341 e. The molecular weight excluding hydrogens is 338 g/mol. The lowest BCUT2D eigenvalue weighted by atomic mass is 9.93. The maximum absolute atomic E-state index is 13.2. The summed E-state index contributed by atoms with van der Waals surface area (Å²) in [5.41, 5.74) is 1.86. The number of hydrogen-bond acceptors (Lipinski definition) is 2. The molecule has 0 unspecified atom stereocenters. The Bertz CT molecular complexity index is 827. The van der Waals surface area contributed by atoms with Crippen LogP contribution in [0.2, 0.25) is 0 Å². The monoisotopic (exact) mass is 365 g/mol. The quantitative estimate of drug-likeness (QED) is 0.834. The third kappa shape index (κ3) is 3.38. The Labute approximate surface area is 160 Å². The van der Waals surface area contributed by atoms with E-state index in [1.165, 1.54) is 0 Å². The summed E-state index contributed by atoms with van der Waals surface area (Å²) in [5, 5.41) is 0. The van der Waals surface area contributed by atoms with E-state index in [0.29, 0.717) is 25.3 Å². The van der Waals surface area contributed by atoms with Gasteiger partial charge in [0.15, 0.2) is 0 Å². The second kappa shape index (κ2) is 7.22. The Hall–Kier alpha value is -2.56. The van der Waals surface area contributed by atoms with Crippen LogP contribution in [0.1, 0.15) is 48.8 Å². The van der Waals surface area contributed by atoms with Gasteiger partial charge in [-0.05, 0) is 44.4 Å². The highest BCUT2D eigenvalue weighted by Crippen LogP contribution is 2.31. The number of carbonyl (C=O) groups excluding carboxylic acids is 2. The largest absolute Gasteiger partial charge is 0.341 e. The zero-order valence-electron chi connectivity index (χ0n) is 16.0. The summed E-state index contributed by atoms with van der Waals surface area (Å²) in [6, 6.07) is 14.3. The van der Waals surface area contributed by atoms with Crippen LogP contribution in [0, 0.1) is 5.92 Å². The van der Waals surface area contributed by atoms with Crippen molar-refractivity contribution in [2.75, 3.05) is 13.1 Å². The zero-order valence-corrected chi connectivity index (χ0v) is 16.0. The lowest BCUT2D eigenvalue weighted by Crippen LogP contribution is -2.47. The van der Waals surface area contributed by atoms with Gasteiger partial charge in [-0.2, -0.15) is 0 Å². The van der Waals surface area contributed by atoms with Crippen LogP contribution in [-0.4, -0.2) is 45.3 Å². The Morgan fingerprint density at radius 1 is 1.07 bits per heavy atom. The Morgan fingerprint density at radius 2 is 1.85 bits per heavy atom. The van der Waals surface area contributed by atoms with Crippen LogP contribution in [-0.2, 0) is 11.3 Å². The van der Waals surface area contributed by atoms with Crippen LogP contribution in [0.4, 0.5) is 0 Å². The van der Waals surface area contributed by atoms with E-state index in [0.717, 1.165) is 18.4 Å². The molecule has 2 amide bonds. The molecule has 4 heterocycles. The average molecular weight is 365 g/mol. The summed E-state index contributed by atoms with van der Waals surface area (Å²) in [6.07, 6.45) is 3.80. The fourth-order valence-electron chi connectivity index (χ4n) is 4.38. The highest BCUT2D eigenvalue weighted by Gasteiger charge is 2.42. The van der Waals surface area contributed by atoms with Crippen molar-refractivity contribution in [1.29, 1.82) is 0 Å². The molecule has 3 fully saturated rings. The first-order valence-electron chi connectivity index (χ1n) is 9.85. The van der Waals surface area contributed by atoms with Gasteiger partial charge in [-0.1, -0.05) is 30.3 Å². The van der Waals surface area contributed by atoms with Crippen LogP contribution >= 0.6 is 0 Å². The molecule has 0 saturated carbocycles. The Morgan fingerprint density at radius 3 is 2.59 bits per heavy atom. The Kier molecular flexibility index (Phi) is 4.77. The zero-order chi connectivity index (χ0) is 19.0. The molecule has 1 aromatic heterocycles. The van der Waals surface area contributed by atoms with Crippen molar-refractivity contribution in [3.05, 3.63) is 59.9 Å². The van der Waals surface area contributed by atoms with Crippen LogP contribution in [0.3, 0.4) is 0 Å². The molecule has 1 aromatic carbocycles. The highest BCUT2D eigenvalue weighted by molar-refractivity contribution is 5.93. The third-order valence-corrected chi connectivity index (χ3v) is 5.83. The molecule has 2 atom stereocenters.